The quantitative estimate of drug-likeness (QED) is 0.412. The van der Waals surface area contributed by atoms with Crippen LogP contribution in [0.15, 0.2) is 52.9 Å². The number of furan rings is 1. The third-order valence-corrected chi connectivity index (χ3v) is 7.30. The van der Waals surface area contributed by atoms with Crippen LogP contribution in [-0.2, 0) is 4.74 Å². The topological polar surface area (TPSA) is 71.8 Å². The number of carbonyl (C=O) groups excluding carboxylic acids is 2. The zero-order valence-corrected chi connectivity index (χ0v) is 19.6. The highest BCUT2D eigenvalue weighted by Gasteiger charge is 2.29. The van der Waals surface area contributed by atoms with Crippen LogP contribution in [-0.4, -0.2) is 43.0 Å². The number of hydrogen-bond acceptors (Lipinski definition) is 5. The first kappa shape index (κ1) is 22.3. The predicted molar refractivity (Wildman–Crippen MR) is 130 cm³/mol. The largest absolute Gasteiger partial charge is 0.448 e. The lowest BCUT2D eigenvalue weighted by Crippen LogP contribution is -2.41. The van der Waals surface area contributed by atoms with Crippen molar-refractivity contribution in [3.8, 4) is 10.4 Å². The molecule has 1 saturated heterocycles. The number of nitrogens with one attached hydrogen (secondary N) is 1. The number of thiophene rings is 1. The maximum Gasteiger partial charge on any atom is 0.292 e. The third kappa shape index (κ3) is 3.89. The molecule has 3 heterocycles. The van der Waals surface area contributed by atoms with E-state index in [1.54, 1.807) is 24.0 Å². The van der Waals surface area contributed by atoms with E-state index in [2.05, 4.69) is 5.32 Å². The summed E-state index contributed by atoms with van der Waals surface area (Å²) in [4.78, 5) is 29.4. The number of morpholine rings is 1. The van der Waals surface area contributed by atoms with Crippen LogP contribution in [0.3, 0.4) is 0 Å². The molecular formula is C26H23FN2O4S. The Labute approximate surface area is 199 Å². The minimum atomic E-state index is -0.527. The number of ether oxygens (including phenoxy) is 1. The van der Waals surface area contributed by atoms with Gasteiger partial charge in [-0.05, 0) is 31.0 Å². The normalized spacial score (nSPS) is 13.9. The molecule has 0 spiro atoms. The minimum absolute atomic E-state index is 0.0252. The zero-order valence-electron chi connectivity index (χ0n) is 18.8. The van der Waals surface area contributed by atoms with Gasteiger partial charge in [0.25, 0.3) is 11.8 Å². The van der Waals surface area contributed by atoms with E-state index in [4.69, 9.17) is 9.15 Å². The van der Waals surface area contributed by atoms with Crippen LogP contribution < -0.4 is 5.32 Å². The van der Waals surface area contributed by atoms with E-state index < -0.39 is 11.7 Å². The molecular weight excluding hydrogens is 455 g/mol. The maximum atomic E-state index is 14.2. The molecule has 1 aliphatic rings. The highest BCUT2D eigenvalue weighted by molar-refractivity contribution is 7.20. The van der Waals surface area contributed by atoms with E-state index >= 15 is 0 Å². The van der Waals surface area contributed by atoms with Gasteiger partial charge < -0.3 is 19.4 Å². The Bertz CT molecular complexity index is 1390. The average Bonchev–Trinajstić information content (AvgIpc) is 3.37. The smallest absolute Gasteiger partial charge is 0.292 e. The van der Waals surface area contributed by atoms with E-state index in [0.717, 1.165) is 16.0 Å². The first-order valence-corrected chi connectivity index (χ1v) is 11.8. The van der Waals surface area contributed by atoms with Gasteiger partial charge in [0.2, 0.25) is 0 Å². The van der Waals surface area contributed by atoms with E-state index in [1.165, 1.54) is 17.4 Å². The van der Waals surface area contributed by atoms with E-state index in [-0.39, 0.29) is 17.3 Å². The number of para-hydroxylation sites is 1. The summed E-state index contributed by atoms with van der Waals surface area (Å²) in [5.74, 6) is -1.18. The summed E-state index contributed by atoms with van der Waals surface area (Å²) in [6, 6.07) is 14.3. The Morgan fingerprint density at radius 2 is 1.74 bits per heavy atom. The lowest BCUT2D eigenvalue weighted by atomic mass is 10.1. The lowest BCUT2D eigenvalue weighted by Gasteiger charge is -2.27. The molecule has 2 amide bonds. The number of benzene rings is 2. The molecule has 1 aliphatic heterocycles. The van der Waals surface area contributed by atoms with Crippen LogP contribution in [0.5, 0.6) is 0 Å². The van der Waals surface area contributed by atoms with Gasteiger partial charge in [0.05, 0.1) is 18.8 Å². The zero-order chi connectivity index (χ0) is 23.8. The molecule has 0 bridgehead atoms. The summed E-state index contributed by atoms with van der Waals surface area (Å²) >= 11 is 1.34. The molecule has 5 rings (SSSR count). The molecule has 4 aromatic rings. The second-order valence-electron chi connectivity index (χ2n) is 8.16. The van der Waals surface area contributed by atoms with Crippen molar-refractivity contribution in [2.75, 3.05) is 31.6 Å². The van der Waals surface area contributed by atoms with Crippen LogP contribution in [0.4, 0.5) is 9.39 Å². The summed E-state index contributed by atoms with van der Waals surface area (Å²) in [7, 11) is 0. The number of carbonyl (C=O) groups is 2. The van der Waals surface area contributed by atoms with Gasteiger partial charge in [-0.1, -0.05) is 42.5 Å². The number of halogens is 1. The van der Waals surface area contributed by atoms with Gasteiger partial charge in [0.15, 0.2) is 17.2 Å². The van der Waals surface area contributed by atoms with Crippen molar-refractivity contribution in [1.82, 2.24) is 4.90 Å². The molecule has 0 unspecified atom stereocenters. The van der Waals surface area contributed by atoms with Gasteiger partial charge in [0, 0.05) is 28.9 Å². The summed E-state index contributed by atoms with van der Waals surface area (Å²) < 4.78 is 25.2. The van der Waals surface area contributed by atoms with Crippen LogP contribution in [0.25, 0.3) is 21.4 Å². The second-order valence-corrected chi connectivity index (χ2v) is 9.18. The first-order valence-electron chi connectivity index (χ1n) is 11.0. The fraction of sp³-hybridized carbons (Fsp3) is 0.231. The van der Waals surface area contributed by atoms with E-state index in [1.807, 2.05) is 37.3 Å². The first-order chi connectivity index (χ1) is 16.5. The number of nitrogens with zero attached hydrogens (tertiary/aromatic N) is 1. The predicted octanol–water partition coefficient (Wildman–Crippen LogP) is 5.64. The average molecular weight is 479 g/mol. The molecule has 0 aliphatic carbocycles. The van der Waals surface area contributed by atoms with Gasteiger partial charge in [-0.15, -0.1) is 11.3 Å². The molecule has 2 aromatic carbocycles. The Kier molecular flexibility index (Phi) is 5.93. The van der Waals surface area contributed by atoms with Crippen molar-refractivity contribution >= 4 is 39.1 Å². The van der Waals surface area contributed by atoms with E-state index in [0.29, 0.717) is 47.8 Å². The maximum absolute atomic E-state index is 14.2. The highest BCUT2D eigenvalue weighted by Crippen LogP contribution is 2.41. The monoisotopic (exact) mass is 478 g/mol. The number of fused-ring (bicyclic) bond motifs is 1. The third-order valence-electron chi connectivity index (χ3n) is 6.04. The molecule has 2 aromatic heterocycles. The summed E-state index contributed by atoms with van der Waals surface area (Å²) in [6.45, 7) is 5.55. The molecule has 1 N–H and O–H groups in total. The van der Waals surface area contributed by atoms with Gasteiger partial charge >= 0.3 is 0 Å². The van der Waals surface area contributed by atoms with Crippen molar-refractivity contribution in [3.05, 3.63) is 76.8 Å². The van der Waals surface area contributed by atoms with Gasteiger partial charge in [0.1, 0.15) is 5.00 Å². The van der Waals surface area contributed by atoms with Crippen molar-refractivity contribution in [2.45, 2.75) is 13.8 Å². The van der Waals surface area contributed by atoms with Gasteiger partial charge in [-0.25, -0.2) is 4.39 Å². The van der Waals surface area contributed by atoms with Gasteiger partial charge in [-0.2, -0.15) is 0 Å². The SMILES string of the molecule is Cc1c(-c2ccccc2)sc(NC(=O)c2oc3c(F)cccc3c2C)c1C(=O)N1CCOCC1. The molecule has 0 saturated carbocycles. The molecule has 0 radical (unpaired) electrons. The standard InChI is InChI=1S/C26H23FN2O4S/c1-15-18-9-6-10-19(27)22(18)33-21(15)24(30)28-25-20(26(31)29-11-13-32-14-12-29)16(2)23(34-25)17-7-4-3-5-8-17/h3-10H,11-14H2,1-2H3,(H,28,30). The Morgan fingerprint density at radius 1 is 1.00 bits per heavy atom. The van der Waals surface area contributed by atoms with Crippen LogP contribution in [0, 0.1) is 19.7 Å². The molecule has 8 heteroatoms. The molecule has 0 atom stereocenters. The molecule has 34 heavy (non-hydrogen) atoms. The van der Waals surface area contributed by atoms with Crippen LogP contribution in [0.2, 0.25) is 0 Å². The van der Waals surface area contributed by atoms with Crippen molar-refractivity contribution in [1.29, 1.82) is 0 Å². The fourth-order valence-corrected chi connectivity index (χ4v) is 5.43. The molecule has 1 fully saturated rings. The highest BCUT2D eigenvalue weighted by atomic mass is 32.1. The lowest BCUT2D eigenvalue weighted by molar-refractivity contribution is 0.0303. The Hall–Kier alpha value is -3.49. The Morgan fingerprint density at radius 3 is 2.44 bits per heavy atom. The molecule has 6 nitrogen and oxygen atoms in total. The number of aryl methyl sites for hydroxylation is 1. The number of hydrogen-bond donors (Lipinski definition) is 1. The van der Waals surface area contributed by atoms with Crippen LogP contribution in [0.1, 0.15) is 32.0 Å². The minimum Gasteiger partial charge on any atom is -0.448 e. The number of rotatable bonds is 4. The van der Waals surface area contributed by atoms with Crippen LogP contribution >= 0.6 is 11.3 Å². The van der Waals surface area contributed by atoms with Crippen molar-refractivity contribution in [3.63, 3.8) is 0 Å². The molecule has 174 valence electrons. The van der Waals surface area contributed by atoms with Crippen molar-refractivity contribution in [2.24, 2.45) is 0 Å². The fourth-order valence-electron chi connectivity index (χ4n) is 4.23. The van der Waals surface area contributed by atoms with Gasteiger partial charge in [-0.3, -0.25) is 9.59 Å². The number of amides is 2. The Balaban J connectivity index is 1.56. The van der Waals surface area contributed by atoms with E-state index in [9.17, 15) is 14.0 Å². The summed E-state index contributed by atoms with van der Waals surface area (Å²) in [6.07, 6.45) is 0. The van der Waals surface area contributed by atoms with Crippen molar-refractivity contribution < 1.29 is 23.1 Å². The summed E-state index contributed by atoms with van der Waals surface area (Å²) in [5, 5.41) is 3.87. The summed E-state index contributed by atoms with van der Waals surface area (Å²) in [5.41, 5.74) is 2.81. The number of anilines is 1. The second kappa shape index (κ2) is 9.04.